The minimum Gasteiger partial charge on any atom is -0.481 e. The first kappa shape index (κ1) is 25.4. The third kappa shape index (κ3) is 4.25. The van der Waals surface area contributed by atoms with Gasteiger partial charge in [-0.2, -0.15) is 0 Å². The molecule has 0 aliphatic heterocycles. The van der Waals surface area contributed by atoms with Crippen molar-refractivity contribution in [2.45, 2.75) is 48.4 Å². The Morgan fingerprint density at radius 3 is 2.41 bits per heavy atom. The van der Waals surface area contributed by atoms with Gasteiger partial charge in [0.15, 0.2) is 17.5 Å². The number of benzene rings is 1. The Morgan fingerprint density at radius 1 is 1.03 bits per heavy atom. The van der Waals surface area contributed by atoms with Crippen LogP contribution in [0, 0.1) is 36.3 Å². The number of nitrogens with one attached hydrogen (secondary N) is 2. The number of sulfone groups is 1. The fourth-order valence-corrected chi connectivity index (χ4v) is 7.72. The van der Waals surface area contributed by atoms with Gasteiger partial charge in [0.05, 0.1) is 28.1 Å². The monoisotopic (exact) mass is 552 g/mol. The van der Waals surface area contributed by atoms with E-state index in [1.807, 2.05) is 6.92 Å². The van der Waals surface area contributed by atoms with Crippen molar-refractivity contribution in [3.63, 3.8) is 0 Å². The number of pyridine rings is 2. The van der Waals surface area contributed by atoms with Gasteiger partial charge in [-0.25, -0.2) is 27.2 Å². The number of anilines is 1. The highest BCUT2D eigenvalue weighted by Crippen LogP contribution is 2.46. The zero-order valence-corrected chi connectivity index (χ0v) is 21.8. The molecule has 2 atom stereocenters. The number of aromatic nitrogens is 3. The molecule has 202 valence electrons. The van der Waals surface area contributed by atoms with Crippen molar-refractivity contribution in [3.8, 4) is 11.3 Å². The highest BCUT2D eigenvalue weighted by molar-refractivity contribution is 7.91. The largest absolute Gasteiger partial charge is 0.481 e. The lowest BCUT2D eigenvalue weighted by Gasteiger charge is -2.47. The molecule has 1 aromatic carbocycles. The van der Waals surface area contributed by atoms with Crippen LogP contribution in [0.2, 0.25) is 0 Å². The molecule has 11 heteroatoms. The average molecular weight is 553 g/mol. The van der Waals surface area contributed by atoms with Gasteiger partial charge in [0.2, 0.25) is 9.84 Å². The first-order valence-electron chi connectivity index (χ1n) is 12.8. The summed E-state index contributed by atoms with van der Waals surface area (Å²) < 4.78 is 57.4. The fourth-order valence-electron chi connectivity index (χ4n) is 6.21. The summed E-state index contributed by atoms with van der Waals surface area (Å²) >= 11 is 0. The number of hydrogen-bond donors (Lipinski definition) is 3. The minimum atomic E-state index is -4.29. The van der Waals surface area contributed by atoms with E-state index in [2.05, 4.69) is 20.3 Å². The van der Waals surface area contributed by atoms with E-state index in [1.54, 1.807) is 12.1 Å². The minimum absolute atomic E-state index is 0.000712. The Kier molecular flexibility index (Phi) is 6.13. The predicted molar refractivity (Wildman–Crippen MR) is 140 cm³/mol. The van der Waals surface area contributed by atoms with E-state index in [0.717, 1.165) is 37.4 Å². The molecule has 2 bridgehead atoms. The zero-order valence-electron chi connectivity index (χ0n) is 21.0. The third-order valence-corrected chi connectivity index (χ3v) is 9.97. The summed E-state index contributed by atoms with van der Waals surface area (Å²) in [4.78, 5) is 22.8. The van der Waals surface area contributed by atoms with Crippen molar-refractivity contribution < 1.29 is 27.1 Å². The Labute approximate surface area is 223 Å². The van der Waals surface area contributed by atoms with Gasteiger partial charge < -0.3 is 15.4 Å². The fraction of sp³-hybridized carbons (Fsp3) is 0.321. The molecule has 3 N–H and O–H groups in total. The molecule has 2 unspecified atom stereocenters. The summed E-state index contributed by atoms with van der Waals surface area (Å²) in [6.07, 6.45) is 5.70. The first-order chi connectivity index (χ1) is 18.6. The van der Waals surface area contributed by atoms with Crippen LogP contribution >= 0.6 is 0 Å². The SMILES string of the molecule is Cc1ccc(S(=O)(=O)c2c(F)cnc3[nH]cc(-c4ccc(F)c(NC5C6CCC(CC6)C5C(=O)O)n4)c23)cc1. The van der Waals surface area contributed by atoms with Crippen LogP contribution in [0.1, 0.15) is 31.2 Å². The number of nitrogens with zero attached hydrogens (tertiary/aromatic N) is 2. The van der Waals surface area contributed by atoms with Crippen LogP contribution in [0.25, 0.3) is 22.3 Å². The number of carboxylic acid groups (broad SMARTS) is 1. The summed E-state index contributed by atoms with van der Waals surface area (Å²) in [6, 6.07) is 8.16. The van der Waals surface area contributed by atoms with Gasteiger partial charge in [-0.05, 0) is 68.7 Å². The second-order valence-corrected chi connectivity index (χ2v) is 12.3. The molecular formula is C28H26F2N4O4S. The molecule has 7 rings (SSSR count). The molecule has 3 saturated carbocycles. The van der Waals surface area contributed by atoms with E-state index in [4.69, 9.17) is 0 Å². The van der Waals surface area contributed by atoms with Gasteiger partial charge in [0, 0.05) is 17.8 Å². The number of hydrogen-bond acceptors (Lipinski definition) is 6. The Bertz CT molecular complexity index is 1700. The normalized spacial score (nSPS) is 22.7. The van der Waals surface area contributed by atoms with Crippen molar-refractivity contribution in [2.75, 3.05) is 5.32 Å². The Hall–Kier alpha value is -3.86. The number of aliphatic carboxylic acids is 1. The molecule has 4 aromatic rings. The Balaban J connectivity index is 1.45. The lowest BCUT2D eigenvalue weighted by molar-refractivity contribution is -0.148. The van der Waals surface area contributed by atoms with E-state index < -0.39 is 44.3 Å². The maximum Gasteiger partial charge on any atom is 0.308 e. The second-order valence-electron chi connectivity index (χ2n) is 10.4. The lowest BCUT2D eigenvalue weighted by atomic mass is 9.61. The number of H-pyrrole nitrogens is 1. The van der Waals surface area contributed by atoms with Gasteiger partial charge in [-0.3, -0.25) is 4.79 Å². The molecule has 3 heterocycles. The van der Waals surface area contributed by atoms with Crippen LogP contribution < -0.4 is 5.32 Å². The highest BCUT2D eigenvalue weighted by Gasteiger charge is 2.47. The molecule has 0 amide bonds. The van der Waals surface area contributed by atoms with Crippen molar-refractivity contribution >= 4 is 32.7 Å². The highest BCUT2D eigenvalue weighted by atomic mass is 32.2. The van der Waals surface area contributed by atoms with E-state index in [1.165, 1.54) is 30.5 Å². The van der Waals surface area contributed by atoms with Crippen LogP contribution in [0.4, 0.5) is 14.6 Å². The average Bonchev–Trinajstić information content (AvgIpc) is 3.34. The summed E-state index contributed by atoms with van der Waals surface area (Å²) in [6.45, 7) is 1.81. The molecule has 39 heavy (non-hydrogen) atoms. The maximum absolute atomic E-state index is 15.2. The number of carboxylic acids is 1. The molecular weight excluding hydrogens is 526 g/mol. The van der Waals surface area contributed by atoms with Gasteiger partial charge in [-0.1, -0.05) is 17.7 Å². The van der Waals surface area contributed by atoms with Crippen LogP contribution in [0.5, 0.6) is 0 Å². The predicted octanol–water partition coefficient (Wildman–Crippen LogP) is 5.35. The van der Waals surface area contributed by atoms with Crippen LogP contribution in [-0.2, 0) is 14.6 Å². The van der Waals surface area contributed by atoms with Crippen LogP contribution in [0.15, 0.2) is 58.6 Å². The molecule has 3 aromatic heterocycles. The number of aromatic amines is 1. The number of fused-ring (bicyclic) bond motifs is 4. The van der Waals surface area contributed by atoms with Gasteiger partial charge in [0.25, 0.3) is 0 Å². The topological polar surface area (TPSA) is 125 Å². The summed E-state index contributed by atoms with van der Waals surface area (Å²) in [5.74, 6) is -3.28. The summed E-state index contributed by atoms with van der Waals surface area (Å²) in [5, 5.41) is 13.0. The van der Waals surface area contributed by atoms with Crippen molar-refractivity contribution in [1.29, 1.82) is 0 Å². The molecule has 0 radical (unpaired) electrons. The molecule has 8 nitrogen and oxygen atoms in total. The van der Waals surface area contributed by atoms with Crippen molar-refractivity contribution in [3.05, 3.63) is 66.0 Å². The van der Waals surface area contributed by atoms with E-state index in [0.29, 0.717) is 0 Å². The molecule has 3 aliphatic rings. The van der Waals surface area contributed by atoms with Crippen LogP contribution in [-0.4, -0.2) is 40.5 Å². The van der Waals surface area contributed by atoms with Crippen molar-refractivity contribution in [1.82, 2.24) is 15.0 Å². The second kappa shape index (κ2) is 9.41. The number of halogens is 2. The van der Waals surface area contributed by atoms with E-state index in [9.17, 15) is 22.7 Å². The third-order valence-electron chi connectivity index (χ3n) is 8.14. The number of rotatable bonds is 6. The molecule has 0 spiro atoms. The van der Waals surface area contributed by atoms with Gasteiger partial charge in [-0.15, -0.1) is 0 Å². The molecule has 3 fully saturated rings. The lowest BCUT2D eigenvalue weighted by Crippen LogP contribution is -2.51. The van der Waals surface area contributed by atoms with Crippen molar-refractivity contribution in [2.24, 2.45) is 17.8 Å². The van der Waals surface area contributed by atoms with E-state index >= 15 is 4.39 Å². The quantitative estimate of drug-likeness (QED) is 0.295. The van der Waals surface area contributed by atoms with Crippen LogP contribution in [0.3, 0.4) is 0 Å². The van der Waals surface area contributed by atoms with Gasteiger partial charge >= 0.3 is 5.97 Å². The standard InChI is InChI=1S/C28H26F2N4O4S/c1-14-2-8-17(9-3-14)39(37,38)25-20(30)13-32-27-23(25)18(12-31-27)21-11-10-19(29)26(33-21)34-24-16-6-4-15(5-7-16)22(24)28(35)36/h2-3,8-13,15-16,22,24H,4-7H2,1H3,(H,31,32)(H,33,34)(H,35,36). The number of aryl methyl sites for hydroxylation is 1. The Morgan fingerprint density at radius 2 is 1.72 bits per heavy atom. The molecule has 3 aliphatic carbocycles. The van der Waals surface area contributed by atoms with E-state index in [-0.39, 0.29) is 44.8 Å². The first-order valence-corrected chi connectivity index (χ1v) is 14.3. The summed E-state index contributed by atoms with van der Waals surface area (Å²) in [7, 11) is -4.29. The zero-order chi connectivity index (χ0) is 27.5. The smallest absolute Gasteiger partial charge is 0.308 e. The number of carbonyl (C=O) groups is 1. The molecule has 0 saturated heterocycles. The van der Waals surface area contributed by atoms with Gasteiger partial charge in [0.1, 0.15) is 10.5 Å². The summed E-state index contributed by atoms with van der Waals surface area (Å²) in [5.41, 5.74) is 1.40. The maximum atomic E-state index is 15.2.